The molecule has 4 aromatic rings. The molecule has 1 aromatic heterocycles. The van der Waals surface area contributed by atoms with Crippen LogP contribution in [0.2, 0.25) is 0 Å². The molecule has 3 aromatic carbocycles. The quantitative estimate of drug-likeness (QED) is 0.408. The lowest BCUT2D eigenvalue weighted by Crippen LogP contribution is -2.42. The predicted octanol–water partition coefficient (Wildman–Crippen LogP) is 5.22. The Morgan fingerprint density at radius 1 is 1.14 bits per heavy atom. The minimum atomic E-state index is -0.933. The van der Waals surface area contributed by atoms with Gasteiger partial charge in [-0.1, -0.05) is 30.3 Å². The number of imidazole rings is 1. The van der Waals surface area contributed by atoms with Crippen LogP contribution in [0.1, 0.15) is 41.8 Å². The molecule has 0 radical (unpaired) electrons. The molecule has 37 heavy (non-hydrogen) atoms. The van der Waals surface area contributed by atoms with Crippen LogP contribution in [0.4, 0.5) is 10.5 Å². The molecule has 0 fully saturated rings. The Hall–Kier alpha value is -4.64. The van der Waals surface area contributed by atoms with Crippen molar-refractivity contribution in [3.8, 4) is 11.8 Å². The first-order chi connectivity index (χ1) is 17.9. The molecule has 8 heteroatoms. The molecule has 1 aliphatic rings. The summed E-state index contributed by atoms with van der Waals surface area (Å²) in [6.45, 7) is 1.99. The zero-order valence-corrected chi connectivity index (χ0v) is 20.6. The fraction of sp³-hybridized carbons (Fsp3) is 0.241. The topological polar surface area (TPSA) is 108 Å². The van der Waals surface area contributed by atoms with Crippen LogP contribution in [0.3, 0.4) is 0 Å². The Balaban J connectivity index is 1.71. The van der Waals surface area contributed by atoms with Gasteiger partial charge in [0.25, 0.3) is 0 Å². The van der Waals surface area contributed by atoms with E-state index in [1.54, 1.807) is 17.0 Å². The Labute approximate surface area is 214 Å². The smallest absolute Gasteiger partial charge is 0.414 e. The average molecular weight is 495 g/mol. The minimum absolute atomic E-state index is 0.0213. The number of hydrogen-bond acceptors (Lipinski definition) is 5. The van der Waals surface area contributed by atoms with E-state index in [-0.39, 0.29) is 12.5 Å². The summed E-state index contributed by atoms with van der Waals surface area (Å²) in [6, 6.07) is 22.2. The van der Waals surface area contributed by atoms with E-state index in [1.165, 1.54) is 7.11 Å². The zero-order valence-electron chi connectivity index (χ0n) is 20.6. The Bertz CT molecular complexity index is 1520. The number of amides is 1. The number of fused-ring (bicyclic) bond motifs is 3. The lowest BCUT2D eigenvalue weighted by molar-refractivity contribution is -0.138. The van der Waals surface area contributed by atoms with E-state index in [9.17, 15) is 20.0 Å². The van der Waals surface area contributed by atoms with Crippen molar-refractivity contribution in [3.63, 3.8) is 0 Å². The summed E-state index contributed by atoms with van der Waals surface area (Å²) in [6.07, 6.45) is 1.23. The largest absolute Gasteiger partial charge is 0.481 e. The number of rotatable bonds is 5. The van der Waals surface area contributed by atoms with E-state index in [0.717, 1.165) is 40.8 Å². The third kappa shape index (κ3) is 4.29. The molecule has 0 saturated carbocycles. The maximum absolute atomic E-state index is 12.6. The number of ether oxygens (including phenoxy) is 1. The van der Waals surface area contributed by atoms with Gasteiger partial charge in [-0.15, -0.1) is 0 Å². The maximum atomic E-state index is 12.6. The molecule has 2 atom stereocenters. The number of carboxylic acid groups (broad SMARTS) is 1. The van der Waals surface area contributed by atoms with E-state index < -0.39 is 18.0 Å². The van der Waals surface area contributed by atoms with Crippen molar-refractivity contribution in [1.29, 1.82) is 5.26 Å². The van der Waals surface area contributed by atoms with Crippen LogP contribution >= 0.6 is 0 Å². The number of nitriles is 1. The highest BCUT2D eigenvalue weighted by Crippen LogP contribution is 2.38. The SMILES string of the molecule is COC(=O)N1c2ccc3c(nc(C[C@H](C(=O)O)c4ccccc4)n3-c3ccc(C#N)cc3)c2CC[C@@H]1C. The summed E-state index contributed by atoms with van der Waals surface area (Å²) in [5.41, 5.74) is 5.24. The monoisotopic (exact) mass is 494 g/mol. The number of methoxy groups -OCH3 is 1. The number of aromatic nitrogens is 2. The number of aryl methyl sites for hydroxylation is 1. The van der Waals surface area contributed by atoms with Crippen LogP contribution < -0.4 is 4.90 Å². The van der Waals surface area contributed by atoms with E-state index >= 15 is 0 Å². The molecule has 0 aliphatic carbocycles. The standard InChI is InChI=1S/C29H26N4O4/c1-18-8-13-22-24(32(18)29(36)37-2)14-15-25-27(22)31-26(33(25)21-11-9-19(17-30)10-12-21)16-23(28(34)35)20-6-4-3-5-7-20/h3-7,9-12,14-15,18,23H,8,13,16H2,1-2H3,(H,34,35)/t18-,23-/m0/s1. The van der Waals surface area contributed by atoms with Crippen molar-refractivity contribution in [2.75, 3.05) is 12.0 Å². The molecule has 1 aliphatic heterocycles. The molecule has 0 unspecified atom stereocenters. The third-order valence-electron chi connectivity index (χ3n) is 7.00. The second-order valence-corrected chi connectivity index (χ2v) is 9.19. The highest BCUT2D eigenvalue weighted by atomic mass is 16.5. The Morgan fingerprint density at radius 2 is 1.86 bits per heavy atom. The number of carboxylic acids is 1. The van der Waals surface area contributed by atoms with Gasteiger partial charge in [-0.3, -0.25) is 14.3 Å². The molecule has 0 saturated heterocycles. The van der Waals surface area contributed by atoms with E-state index in [2.05, 4.69) is 6.07 Å². The van der Waals surface area contributed by atoms with Crippen molar-refractivity contribution in [3.05, 3.63) is 89.2 Å². The summed E-state index contributed by atoms with van der Waals surface area (Å²) >= 11 is 0. The molecule has 1 amide bonds. The lowest BCUT2D eigenvalue weighted by Gasteiger charge is -2.34. The fourth-order valence-electron chi connectivity index (χ4n) is 5.13. The number of benzene rings is 3. The number of aliphatic carboxylic acids is 1. The van der Waals surface area contributed by atoms with Crippen LogP contribution in [-0.2, 0) is 22.4 Å². The summed E-state index contributed by atoms with van der Waals surface area (Å²) < 4.78 is 7.00. The molecule has 0 spiro atoms. The Kier molecular flexibility index (Phi) is 6.36. The van der Waals surface area contributed by atoms with Gasteiger partial charge in [-0.2, -0.15) is 5.26 Å². The van der Waals surface area contributed by atoms with Crippen molar-refractivity contribution >= 4 is 28.8 Å². The van der Waals surface area contributed by atoms with Crippen LogP contribution in [0.15, 0.2) is 66.7 Å². The number of carbonyl (C=O) groups is 2. The first kappa shape index (κ1) is 24.1. The molecular formula is C29H26N4O4. The van der Waals surface area contributed by atoms with Gasteiger partial charge in [0.15, 0.2) is 0 Å². The number of nitrogens with zero attached hydrogens (tertiary/aromatic N) is 4. The van der Waals surface area contributed by atoms with Crippen molar-refractivity contribution < 1.29 is 19.4 Å². The normalized spacial score (nSPS) is 15.6. The van der Waals surface area contributed by atoms with Gasteiger partial charge in [-0.05, 0) is 61.7 Å². The van der Waals surface area contributed by atoms with Crippen LogP contribution in [-0.4, -0.2) is 39.9 Å². The lowest BCUT2D eigenvalue weighted by atomic mass is 9.95. The number of carbonyl (C=O) groups excluding carboxylic acids is 1. The fourth-order valence-corrected chi connectivity index (χ4v) is 5.13. The first-order valence-electron chi connectivity index (χ1n) is 12.1. The summed E-state index contributed by atoms with van der Waals surface area (Å²) in [5.74, 6) is -1.14. The van der Waals surface area contributed by atoms with Gasteiger partial charge in [0.05, 0.1) is 41.4 Å². The van der Waals surface area contributed by atoms with E-state index in [0.29, 0.717) is 17.0 Å². The molecule has 186 valence electrons. The van der Waals surface area contributed by atoms with Crippen LogP contribution in [0.5, 0.6) is 0 Å². The second-order valence-electron chi connectivity index (χ2n) is 9.19. The van der Waals surface area contributed by atoms with Crippen LogP contribution in [0, 0.1) is 11.3 Å². The summed E-state index contributed by atoms with van der Waals surface area (Å²) in [4.78, 5) is 31.6. The maximum Gasteiger partial charge on any atom is 0.414 e. The highest BCUT2D eigenvalue weighted by molar-refractivity contribution is 5.96. The van der Waals surface area contributed by atoms with Gasteiger partial charge in [0, 0.05) is 23.7 Å². The molecule has 8 nitrogen and oxygen atoms in total. The second kappa shape index (κ2) is 9.78. The van der Waals surface area contributed by atoms with Gasteiger partial charge in [-0.25, -0.2) is 9.78 Å². The van der Waals surface area contributed by atoms with E-state index in [4.69, 9.17) is 9.72 Å². The van der Waals surface area contributed by atoms with Gasteiger partial charge < -0.3 is 9.84 Å². The number of anilines is 1. The summed E-state index contributed by atoms with van der Waals surface area (Å²) in [7, 11) is 1.37. The van der Waals surface area contributed by atoms with Gasteiger partial charge in [0.1, 0.15) is 5.82 Å². The molecule has 5 rings (SSSR count). The van der Waals surface area contributed by atoms with Crippen LogP contribution in [0.25, 0.3) is 16.7 Å². The van der Waals surface area contributed by atoms with Crippen molar-refractivity contribution in [1.82, 2.24) is 9.55 Å². The molecular weight excluding hydrogens is 468 g/mol. The van der Waals surface area contributed by atoms with Gasteiger partial charge >= 0.3 is 12.1 Å². The molecule has 2 heterocycles. The Morgan fingerprint density at radius 3 is 2.51 bits per heavy atom. The minimum Gasteiger partial charge on any atom is -0.481 e. The third-order valence-corrected chi connectivity index (χ3v) is 7.00. The predicted molar refractivity (Wildman–Crippen MR) is 139 cm³/mol. The highest BCUT2D eigenvalue weighted by Gasteiger charge is 2.32. The van der Waals surface area contributed by atoms with Crippen molar-refractivity contribution in [2.45, 2.75) is 38.1 Å². The van der Waals surface area contributed by atoms with Gasteiger partial charge in [0.2, 0.25) is 0 Å². The average Bonchev–Trinajstić information content (AvgIpc) is 3.30. The summed E-state index contributed by atoms with van der Waals surface area (Å²) in [5, 5.41) is 19.4. The molecule has 1 N–H and O–H groups in total. The number of hydrogen-bond donors (Lipinski definition) is 1. The van der Waals surface area contributed by atoms with Crippen molar-refractivity contribution in [2.24, 2.45) is 0 Å². The zero-order chi connectivity index (χ0) is 26.1. The first-order valence-corrected chi connectivity index (χ1v) is 12.1. The molecule has 0 bridgehead atoms. The van der Waals surface area contributed by atoms with E-state index in [1.807, 2.05) is 66.1 Å².